The fourth-order valence-electron chi connectivity index (χ4n) is 1.45. The van der Waals surface area contributed by atoms with Gasteiger partial charge in [0.15, 0.2) is 0 Å². The van der Waals surface area contributed by atoms with Crippen molar-refractivity contribution < 1.29 is 14.3 Å². The first-order chi connectivity index (χ1) is 9.75. The van der Waals surface area contributed by atoms with Crippen LogP contribution in [0.15, 0.2) is 6.07 Å². The number of rotatable bonds is 5. The molecule has 114 valence electrons. The Morgan fingerprint density at radius 1 is 1.43 bits per heavy atom. The molecule has 0 aliphatic carbocycles. The number of carbonyl (C=O) groups is 2. The van der Waals surface area contributed by atoms with Gasteiger partial charge in [-0.25, -0.2) is 4.79 Å². The van der Waals surface area contributed by atoms with E-state index in [1.807, 2.05) is 27.7 Å². The quantitative estimate of drug-likeness (QED) is 0.513. The maximum atomic E-state index is 11.9. The minimum atomic E-state index is -0.478. The van der Waals surface area contributed by atoms with Crippen LogP contribution < -0.4 is 5.32 Å². The summed E-state index contributed by atoms with van der Waals surface area (Å²) in [4.78, 5) is 24.4. The average Bonchev–Trinajstić information content (AvgIpc) is 2.74. The molecule has 21 heavy (non-hydrogen) atoms. The summed E-state index contributed by atoms with van der Waals surface area (Å²) in [5.41, 5.74) is 0.319. The third kappa shape index (κ3) is 5.24. The van der Waals surface area contributed by atoms with E-state index in [4.69, 9.17) is 11.2 Å². The van der Waals surface area contributed by atoms with Gasteiger partial charge in [0.1, 0.15) is 4.88 Å². The third-order valence-electron chi connectivity index (χ3n) is 2.72. The van der Waals surface area contributed by atoms with Gasteiger partial charge in [-0.05, 0) is 25.0 Å². The first-order valence-corrected chi connectivity index (χ1v) is 7.60. The Labute approximate surface area is 129 Å². The highest BCUT2D eigenvalue weighted by atomic mass is 32.1. The Hall–Kier alpha value is -1.80. The van der Waals surface area contributed by atoms with Crippen LogP contribution in [-0.4, -0.2) is 18.5 Å². The fraction of sp³-hybridized carbons (Fsp3) is 0.500. The molecule has 0 spiro atoms. The molecule has 1 heterocycles. The van der Waals surface area contributed by atoms with Crippen LogP contribution in [0.4, 0.5) is 5.00 Å². The lowest BCUT2D eigenvalue weighted by Crippen LogP contribution is -2.27. The molecule has 0 radical (unpaired) electrons. The lowest BCUT2D eigenvalue weighted by Gasteiger charge is -2.16. The Morgan fingerprint density at radius 3 is 2.67 bits per heavy atom. The molecule has 0 fully saturated rings. The zero-order valence-electron chi connectivity index (χ0n) is 12.9. The molecule has 1 aromatic heterocycles. The number of anilines is 1. The van der Waals surface area contributed by atoms with Crippen molar-refractivity contribution in [3.8, 4) is 12.3 Å². The molecule has 1 rings (SSSR count). The monoisotopic (exact) mass is 307 g/mol. The van der Waals surface area contributed by atoms with Gasteiger partial charge in [-0.1, -0.05) is 20.8 Å². The molecule has 1 aromatic rings. The highest BCUT2D eigenvalue weighted by molar-refractivity contribution is 7.18. The second-order valence-electron chi connectivity index (χ2n) is 5.77. The van der Waals surface area contributed by atoms with Crippen LogP contribution in [0, 0.1) is 24.7 Å². The fourth-order valence-corrected chi connectivity index (χ4v) is 2.41. The van der Waals surface area contributed by atoms with Crippen LogP contribution in [0.3, 0.4) is 0 Å². The van der Waals surface area contributed by atoms with Crippen LogP contribution in [0.1, 0.15) is 48.8 Å². The number of nitrogens with one attached hydrogen (secondary N) is 1. The number of carbonyl (C=O) groups excluding carboxylic acids is 2. The molecular weight excluding hydrogens is 286 g/mol. The lowest BCUT2D eigenvalue weighted by atomic mass is 9.96. The summed E-state index contributed by atoms with van der Waals surface area (Å²) in [5.74, 6) is 2.04. The van der Waals surface area contributed by atoms with Crippen molar-refractivity contribution in [2.24, 2.45) is 5.41 Å². The average molecular weight is 307 g/mol. The van der Waals surface area contributed by atoms with Gasteiger partial charge >= 0.3 is 5.97 Å². The van der Waals surface area contributed by atoms with E-state index in [0.29, 0.717) is 29.3 Å². The molecule has 1 amide bonds. The Bertz CT molecular complexity index is 561. The van der Waals surface area contributed by atoms with E-state index in [-0.39, 0.29) is 11.9 Å². The second kappa shape index (κ2) is 7.28. The molecule has 0 aromatic carbocycles. The number of esters is 1. The van der Waals surface area contributed by atoms with Crippen LogP contribution in [0.25, 0.3) is 0 Å². The summed E-state index contributed by atoms with van der Waals surface area (Å²) >= 11 is 1.23. The zero-order valence-corrected chi connectivity index (χ0v) is 13.7. The highest BCUT2D eigenvalue weighted by Crippen LogP contribution is 2.29. The van der Waals surface area contributed by atoms with Crippen LogP contribution in [0.2, 0.25) is 0 Å². The number of terminal acetylenes is 1. The normalized spacial score (nSPS) is 10.8. The van der Waals surface area contributed by atoms with Gasteiger partial charge in [0.25, 0.3) is 0 Å². The molecule has 0 saturated carbocycles. The Morgan fingerprint density at radius 2 is 2.10 bits per heavy atom. The number of thiophene rings is 1. The molecular formula is C16H21NO3S. The summed E-state index contributed by atoms with van der Waals surface area (Å²) in [6, 6.07) is 1.78. The van der Waals surface area contributed by atoms with Crippen LogP contribution >= 0.6 is 11.3 Å². The van der Waals surface area contributed by atoms with E-state index >= 15 is 0 Å². The van der Waals surface area contributed by atoms with Crippen molar-refractivity contribution in [2.75, 3.05) is 11.9 Å². The van der Waals surface area contributed by atoms with E-state index in [9.17, 15) is 9.59 Å². The van der Waals surface area contributed by atoms with Crippen molar-refractivity contribution in [3.63, 3.8) is 0 Å². The number of unbranched alkanes of at least 4 members (excludes halogenated alkanes) is 1. The van der Waals surface area contributed by atoms with Crippen molar-refractivity contribution >= 4 is 28.2 Å². The van der Waals surface area contributed by atoms with E-state index in [0.717, 1.165) is 5.56 Å². The van der Waals surface area contributed by atoms with Gasteiger partial charge < -0.3 is 10.1 Å². The summed E-state index contributed by atoms with van der Waals surface area (Å²) in [5, 5.41) is 3.48. The summed E-state index contributed by atoms with van der Waals surface area (Å²) in [6.07, 6.45) is 6.38. The Balaban J connectivity index is 2.68. The van der Waals surface area contributed by atoms with Crippen molar-refractivity contribution in [1.29, 1.82) is 0 Å². The predicted octanol–water partition coefficient (Wildman–Crippen LogP) is 3.61. The molecule has 0 atom stereocenters. The molecule has 0 aliphatic rings. The molecule has 1 N–H and O–H groups in total. The smallest absolute Gasteiger partial charge is 0.348 e. The topological polar surface area (TPSA) is 55.4 Å². The maximum Gasteiger partial charge on any atom is 0.348 e. The SMILES string of the molecule is C#CCCCOC(=O)c1sc(NC(=O)C(C)(C)C)cc1C. The maximum absolute atomic E-state index is 11.9. The van der Waals surface area contributed by atoms with E-state index < -0.39 is 5.41 Å². The summed E-state index contributed by atoms with van der Waals surface area (Å²) < 4.78 is 5.16. The van der Waals surface area contributed by atoms with Gasteiger partial charge in [0, 0.05) is 11.8 Å². The summed E-state index contributed by atoms with van der Waals surface area (Å²) in [6.45, 7) is 7.64. The molecule has 0 aliphatic heterocycles. The van der Waals surface area contributed by atoms with Gasteiger partial charge in [-0.3, -0.25) is 4.79 Å². The first-order valence-electron chi connectivity index (χ1n) is 6.78. The lowest BCUT2D eigenvalue weighted by molar-refractivity contribution is -0.123. The summed E-state index contributed by atoms with van der Waals surface area (Å²) in [7, 11) is 0. The van der Waals surface area contributed by atoms with Crippen molar-refractivity contribution in [3.05, 3.63) is 16.5 Å². The Kier molecular flexibility index (Phi) is 5.98. The minimum absolute atomic E-state index is 0.0855. The van der Waals surface area contributed by atoms with Crippen LogP contribution in [0.5, 0.6) is 0 Å². The zero-order chi connectivity index (χ0) is 16.0. The third-order valence-corrected chi connectivity index (χ3v) is 3.85. The number of ether oxygens (including phenoxy) is 1. The number of hydrogen-bond acceptors (Lipinski definition) is 4. The van der Waals surface area contributed by atoms with E-state index in [1.54, 1.807) is 6.07 Å². The standard InChI is InChI=1S/C16H21NO3S/c1-6-7-8-9-20-14(18)13-11(2)10-12(21-13)17-15(19)16(3,4)5/h1,10H,7-9H2,2-5H3,(H,17,19). The largest absolute Gasteiger partial charge is 0.461 e. The van der Waals surface area contributed by atoms with Crippen molar-refractivity contribution in [2.45, 2.75) is 40.5 Å². The van der Waals surface area contributed by atoms with E-state index in [1.165, 1.54) is 11.3 Å². The molecule has 0 bridgehead atoms. The predicted molar refractivity (Wildman–Crippen MR) is 85.5 cm³/mol. The van der Waals surface area contributed by atoms with Crippen LogP contribution in [-0.2, 0) is 9.53 Å². The number of aryl methyl sites for hydroxylation is 1. The van der Waals surface area contributed by atoms with Gasteiger partial charge in [0.2, 0.25) is 5.91 Å². The first kappa shape index (κ1) is 17.3. The van der Waals surface area contributed by atoms with E-state index in [2.05, 4.69) is 11.2 Å². The highest BCUT2D eigenvalue weighted by Gasteiger charge is 2.23. The number of amides is 1. The number of hydrogen-bond donors (Lipinski definition) is 1. The molecule has 5 heteroatoms. The minimum Gasteiger partial charge on any atom is -0.461 e. The van der Waals surface area contributed by atoms with Crippen molar-refractivity contribution in [1.82, 2.24) is 0 Å². The molecule has 0 saturated heterocycles. The van der Waals surface area contributed by atoms with Gasteiger partial charge in [0.05, 0.1) is 11.6 Å². The second-order valence-corrected chi connectivity index (χ2v) is 6.82. The van der Waals surface area contributed by atoms with Gasteiger partial charge in [-0.15, -0.1) is 23.7 Å². The molecule has 0 unspecified atom stereocenters. The van der Waals surface area contributed by atoms with Gasteiger partial charge in [-0.2, -0.15) is 0 Å². The molecule has 4 nitrogen and oxygen atoms in total.